The molecule has 0 fully saturated rings. The first-order valence-corrected chi connectivity index (χ1v) is 8.38. The number of nitrogens with zero attached hydrogens (tertiary/aromatic N) is 2. The van der Waals surface area contributed by atoms with Crippen LogP contribution in [0.4, 0.5) is 4.39 Å². The van der Waals surface area contributed by atoms with E-state index in [1.807, 2.05) is 18.2 Å². The van der Waals surface area contributed by atoms with Crippen LogP contribution in [0, 0.1) is 12.7 Å². The van der Waals surface area contributed by atoms with Crippen LogP contribution in [-0.2, 0) is 17.8 Å². The molecule has 0 atom stereocenters. The summed E-state index contributed by atoms with van der Waals surface area (Å²) in [5.74, 6) is 0.993. The minimum absolute atomic E-state index is 0. The number of benzene rings is 1. The second-order valence-electron chi connectivity index (χ2n) is 5.71. The molecular weight excluding hydrogens is 462 g/mol. The van der Waals surface area contributed by atoms with Gasteiger partial charge in [0.05, 0.1) is 6.61 Å². The predicted octanol–water partition coefficient (Wildman–Crippen LogP) is 3.04. The lowest BCUT2D eigenvalue weighted by Gasteiger charge is -2.12. The van der Waals surface area contributed by atoms with Gasteiger partial charge in [0, 0.05) is 39.5 Å². The number of halogens is 2. The fourth-order valence-electron chi connectivity index (χ4n) is 2.17. The van der Waals surface area contributed by atoms with Crippen molar-refractivity contribution in [3.05, 3.63) is 59.0 Å². The number of ether oxygens (including phenoxy) is 2. The van der Waals surface area contributed by atoms with Crippen LogP contribution >= 0.6 is 24.0 Å². The van der Waals surface area contributed by atoms with Crippen molar-refractivity contribution in [1.82, 2.24) is 15.6 Å². The molecule has 2 N–H and O–H groups in total. The number of rotatable bonds is 8. The standard InChI is InChI=1S/C19H25FN4O2.HI/c1-14-4-5-15(10-17(14)20)11-23-19(21-2)24-13-16-6-7-18(22-12-16)26-9-8-25-3;/h4-7,10,12H,8-9,11,13H2,1-3H3,(H2,21,23,24);1H. The van der Waals surface area contributed by atoms with Crippen molar-refractivity contribution in [2.75, 3.05) is 27.4 Å². The topological polar surface area (TPSA) is 67.8 Å². The van der Waals surface area contributed by atoms with Gasteiger partial charge in [-0.2, -0.15) is 0 Å². The lowest BCUT2D eigenvalue weighted by Crippen LogP contribution is -2.36. The normalized spacial score (nSPS) is 10.9. The Labute approximate surface area is 176 Å². The van der Waals surface area contributed by atoms with Crippen LogP contribution < -0.4 is 15.4 Å². The zero-order valence-corrected chi connectivity index (χ0v) is 18.1. The number of aromatic nitrogens is 1. The Morgan fingerprint density at radius 3 is 2.41 bits per heavy atom. The fourth-order valence-corrected chi connectivity index (χ4v) is 2.17. The van der Waals surface area contributed by atoms with Gasteiger partial charge in [-0.05, 0) is 29.7 Å². The second kappa shape index (κ2) is 12.4. The molecule has 2 rings (SSSR count). The molecule has 1 aromatic heterocycles. The minimum atomic E-state index is -0.203. The van der Waals surface area contributed by atoms with Crippen molar-refractivity contribution in [1.29, 1.82) is 0 Å². The van der Waals surface area contributed by atoms with E-state index >= 15 is 0 Å². The molecule has 1 heterocycles. The van der Waals surface area contributed by atoms with Gasteiger partial charge >= 0.3 is 0 Å². The highest BCUT2D eigenvalue weighted by molar-refractivity contribution is 14.0. The summed E-state index contributed by atoms with van der Waals surface area (Å²) >= 11 is 0. The molecule has 0 radical (unpaired) electrons. The molecule has 1 aromatic carbocycles. The van der Waals surface area contributed by atoms with E-state index in [0.717, 1.165) is 11.1 Å². The van der Waals surface area contributed by atoms with E-state index in [-0.39, 0.29) is 29.8 Å². The number of hydrogen-bond acceptors (Lipinski definition) is 4. The number of aryl methyl sites for hydroxylation is 1. The Kier molecular flexibility index (Phi) is 10.6. The largest absolute Gasteiger partial charge is 0.475 e. The van der Waals surface area contributed by atoms with Crippen LogP contribution in [0.1, 0.15) is 16.7 Å². The van der Waals surface area contributed by atoms with E-state index in [2.05, 4.69) is 20.6 Å². The van der Waals surface area contributed by atoms with Crippen molar-refractivity contribution in [3.8, 4) is 5.88 Å². The monoisotopic (exact) mass is 488 g/mol. The van der Waals surface area contributed by atoms with Gasteiger partial charge in [-0.15, -0.1) is 24.0 Å². The molecule has 0 saturated heterocycles. The van der Waals surface area contributed by atoms with Crippen LogP contribution in [0.5, 0.6) is 5.88 Å². The van der Waals surface area contributed by atoms with Gasteiger partial charge in [-0.25, -0.2) is 9.37 Å². The third-order valence-electron chi connectivity index (χ3n) is 3.71. The van der Waals surface area contributed by atoms with Gasteiger partial charge in [-0.1, -0.05) is 18.2 Å². The Hall–Kier alpha value is -1.94. The molecular formula is C19H26FIN4O2. The number of guanidine groups is 1. The SMILES string of the molecule is CN=C(NCc1ccc(OCCOC)nc1)NCc1ccc(C)c(F)c1.I. The summed E-state index contributed by atoms with van der Waals surface area (Å²) in [5.41, 5.74) is 2.49. The van der Waals surface area contributed by atoms with Crippen molar-refractivity contribution >= 4 is 29.9 Å². The quantitative estimate of drug-likeness (QED) is 0.259. The number of methoxy groups -OCH3 is 1. The summed E-state index contributed by atoms with van der Waals surface area (Å²) in [4.78, 5) is 8.41. The van der Waals surface area contributed by atoms with Gasteiger partial charge in [0.25, 0.3) is 0 Å². The Balaban J connectivity index is 0.00000364. The van der Waals surface area contributed by atoms with Crippen molar-refractivity contribution in [2.45, 2.75) is 20.0 Å². The first kappa shape index (κ1) is 23.1. The number of pyridine rings is 1. The third kappa shape index (κ3) is 8.08. The van der Waals surface area contributed by atoms with Gasteiger partial charge in [0.1, 0.15) is 12.4 Å². The highest BCUT2D eigenvalue weighted by Gasteiger charge is 2.03. The number of hydrogen-bond donors (Lipinski definition) is 2. The van der Waals surface area contributed by atoms with E-state index in [0.29, 0.717) is 43.7 Å². The summed E-state index contributed by atoms with van der Waals surface area (Å²) in [6.45, 7) is 3.79. The molecule has 0 aliphatic rings. The van der Waals surface area contributed by atoms with Crippen LogP contribution in [0.15, 0.2) is 41.5 Å². The van der Waals surface area contributed by atoms with Crippen molar-refractivity contribution in [2.24, 2.45) is 4.99 Å². The van der Waals surface area contributed by atoms with Crippen LogP contribution in [0.2, 0.25) is 0 Å². The minimum Gasteiger partial charge on any atom is -0.475 e. The van der Waals surface area contributed by atoms with Crippen molar-refractivity contribution in [3.63, 3.8) is 0 Å². The predicted molar refractivity (Wildman–Crippen MR) is 115 cm³/mol. The smallest absolute Gasteiger partial charge is 0.213 e. The van der Waals surface area contributed by atoms with Crippen LogP contribution in [0.25, 0.3) is 0 Å². The van der Waals surface area contributed by atoms with E-state index in [4.69, 9.17) is 9.47 Å². The van der Waals surface area contributed by atoms with Gasteiger partial charge in [-0.3, -0.25) is 4.99 Å². The Bertz CT molecular complexity index is 726. The lowest BCUT2D eigenvalue weighted by molar-refractivity contribution is 0.143. The lowest BCUT2D eigenvalue weighted by atomic mass is 10.1. The zero-order chi connectivity index (χ0) is 18.8. The fraction of sp³-hybridized carbons (Fsp3) is 0.368. The van der Waals surface area contributed by atoms with Gasteiger partial charge in [0.2, 0.25) is 5.88 Å². The molecule has 0 spiro atoms. The maximum atomic E-state index is 13.6. The van der Waals surface area contributed by atoms with Gasteiger partial charge in [0.15, 0.2) is 5.96 Å². The van der Waals surface area contributed by atoms with E-state index in [9.17, 15) is 4.39 Å². The summed E-state index contributed by atoms with van der Waals surface area (Å²) in [6, 6.07) is 8.94. The molecule has 8 heteroatoms. The number of nitrogens with one attached hydrogen (secondary N) is 2. The van der Waals surface area contributed by atoms with E-state index in [1.54, 1.807) is 33.3 Å². The molecule has 0 unspecified atom stereocenters. The molecule has 0 amide bonds. The Morgan fingerprint density at radius 2 is 1.81 bits per heavy atom. The second-order valence-corrected chi connectivity index (χ2v) is 5.71. The molecule has 0 saturated carbocycles. The zero-order valence-electron chi connectivity index (χ0n) is 15.8. The molecule has 0 bridgehead atoms. The highest BCUT2D eigenvalue weighted by Crippen LogP contribution is 2.09. The summed E-state index contributed by atoms with van der Waals surface area (Å²) in [5, 5.41) is 6.36. The maximum Gasteiger partial charge on any atom is 0.213 e. The Morgan fingerprint density at radius 1 is 1.11 bits per heavy atom. The summed E-state index contributed by atoms with van der Waals surface area (Å²) in [6.07, 6.45) is 1.75. The van der Waals surface area contributed by atoms with Gasteiger partial charge < -0.3 is 20.1 Å². The first-order valence-electron chi connectivity index (χ1n) is 8.38. The first-order chi connectivity index (χ1) is 12.6. The van der Waals surface area contributed by atoms with Crippen molar-refractivity contribution < 1.29 is 13.9 Å². The highest BCUT2D eigenvalue weighted by atomic mass is 127. The molecule has 2 aromatic rings. The summed E-state index contributed by atoms with van der Waals surface area (Å²) in [7, 11) is 3.32. The number of aliphatic imine (C=N–C) groups is 1. The maximum absolute atomic E-state index is 13.6. The molecule has 27 heavy (non-hydrogen) atoms. The molecule has 6 nitrogen and oxygen atoms in total. The van der Waals surface area contributed by atoms with E-state index in [1.165, 1.54) is 6.07 Å². The van der Waals surface area contributed by atoms with Crippen LogP contribution in [-0.4, -0.2) is 38.3 Å². The molecule has 0 aliphatic heterocycles. The van der Waals surface area contributed by atoms with Crippen LogP contribution in [0.3, 0.4) is 0 Å². The average molecular weight is 488 g/mol. The van der Waals surface area contributed by atoms with E-state index < -0.39 is 0 Å². The molecule has 0 aliphatic carbocycles. The average Bonchev–Trinajstić information content (AvgIpc) is 2.66. The third-order valence-corrected chi connectivity index (χ3v) is 3.71. The summed E-state index contributed by atoms with van der Waals surface area (Å²) < 4.78 is 23.9. The molecule has 148 valence electrons.